The Balaban J connectivity index is 2.10. The fourth-order valence-electron chi connectivity index (χ4n) is 2.68. The van der Waals surface area contributed by atoms with Gasteiger partial charge in [0.05, 0.1) is 6.10 Å². The Kier molecular flexibility index (Phi) is 6.27. The highest BCUT2D eigenvalue weighted by molar-refractivity contribution is 6.31. The van der Waals surface area contributed by atoms with Gasteiger partial charge < -0.3 is 10.1 Å². The van der Waals surface area contributed by atoms with E-state index >= 15 is 0 Å². The Hall–Kier alpha value is -0.640. The van der Waals surface area contributed by atoms with Crippen LogP contribution in [0.2, 0.25) is 5.02 Å². The first-order valence-electron chi connectivity index (χ1n) is 7.50. The number of nitrogens with one attached hydrogen (secondary N) is 1. The molecule has 0 amide bonds. The number of halogens is 2. The minimum absolute atomic E-state index is 0.0567. The van der Waals surface area contributed by atoms with E-state index in [4.69, 9.17) is 16.3 Å². The summed E-state index contributed by atoms with van der Waals surface area (Å²) in [5.74, 6) is -0.239. The van der Waals surface area contributed by atoms with Crippen LogP contribution in [0.15, 0.2) is 18.2 Å². The third-order valence-electron chi connectivity index (χ3n) is 3.75. The Morgan fingerprint density at radius 3 is 3.00 bits per heavy atom. The minimum Gasteiger partial charge on any atom is -0.378 e. The predicted octanol–water partition coefficient (Wildman–Crippen LogP) is 4.48. The summed E-state index contributed by atoms with van der Waals surface area (Å²) in [5, 5.41) is 4.09. The van der Waals surface area contributed by atoms with Crippen molar-refractivity contribution < 1.29 is 9.13 Å². The number of benzene rings is 1. The molecule has 1 aliphatic heterocycles. The SMILES string of the molecule is CCCNC(CC1CCCCO1)c1cc(F)ccc1Cl. The molecule has 1 aromatic rings. The number of hydrogen-bond acceptors (Lipinski definition) is 2. The molecule has 112 valence electrons. The summed E-state index contributed by atoms with van der Waals surface area (Å²) < 4.78 is 19.3. The van der Waals surface area contributed by atoms with Crippen LogP contribution in [0.5, 0.6) is 0 Å². The molecular weight excluding hydrogens is 277 g/mol. The van der Waals surface area contributed by atoms with Gasteiger partial charge in [-0.2, -0.15) is 0 Å². The lowest BCUT2D eigenvalue weighted by atomic mass is 9.96. The quantitative estimate of drug-likeness (QED) is 0.836. The minimum atomic E-state index is -0.239. The van der Waals surface area contributed by atoms with Crippen molar-refractivity contribution in [2.75, 3.05) is 13.2 Å². The molecule has 1 fully saturated rings. The molecule has 1 saturated heterocycles. The molecule has 1 aliphatic rings. The van der Waals surface area contributed by atoms with Gasteiger partial charge in [-0.15, -0.1) is 0 Å². The van der Waals surface area contributed by atoms with Crippen molar-refractivity contribution in [1.29, 1.82) is 0 Å². The van der Waals surface area contributed by atoms with Gasteiger partial charge >= 0.3 is 0 Å². The monoisotopic (exact) mass is 299 g/mol. The van der Waals surface area contributed by atoms with Crippen LogP contribution in [0.4, 0.5) is 4.39 Å². The Morgan fingerprint density at radius 2 is 2.30 bits per heavy atom. The van der Waals surface area contributed by atoms with Crippen molar-refractivity contribution in [2.45, 2.75) is 51.2 Å². The molecule has 20 heavy (non-hydrogen) atoms. The highest BCUT2D eigenvalue weighted by atomic mass is 35.5. The zero-order chi connectivity index (χ0) is 14.4. The Labute approximate surface area is 125 Å². The zero-order valence-corrected chi connectivity index (χ0v) is 12.8. The van der Waals surface area contributed by atoms with Crippen molar-refractivity contribution >= 4 is 11.6 Å². The smallest absolute Gasteiger partial charge is 0.123 e. The molecule has 2 atom stereocenters. The Bertz CT molecular complexity index is 421. The van der Waals surface area contributed by atoms with Crippen LogP contribution in [-0.2, 0) is 4.74 Å². The average Bonchev–Trinajstić information content (AvgIpc) is 2.47. The second-order valence-electron chi connectivity index (χ2n) is 5.40. The molecule has 0 bridgehead atoms. The highest BCUT2D eigenvalue weighted by Crippen LogP contribution is 2.30. The van der Waals surface area contributed by atoms with Crippen molar-refractivity contribution in [3.8, 4) is 0 Å². The van der Waals surface area contributed by atoms with Gasteiger partial charge in [-0.3, -0.25) is 0 Å². The number of rotatable bonds is 6. The molecule has 1 aromatic carbocycles. The lowest BCUT2D eigenvalue weighted by molar-refractivity contribution is 0.00504. The van der Waals surface area contributed by atoms with Crippen LogP contribution in [0.3, 0.4) is 0 Å². The maximum Gasteiger partial charge on any atom is 0.123 e. The molecule has 2 nitrogen and oxygen atoms in total. The second kappa shape index (κ2) is 7.96. The zero-order valence-electron chi connectivity index (χ0n) is 12.0. The fourth-order valence-corrected chi connectivity index (χ4v) is 2.93. The largest absolute Gasteiger partial charge is 0.378 e. The van der Waals surface area contributed by atoms with E-state index < -0.39 is 0 Å². The predicted molar refractivity (Wildman–Crippen MR) is 80.7 cm³/mol. The lowest BCUT2D eigenvalue weighted by Crippen LogP contribution is -2.29. The van der Waals surface area contributed by atoms with E-state index in [0.29, 0.717) is 5.02 Å². The molecular formula is C16H23ClFNO. The molecule has 2 rings (SSSR count). The van der Waals surface area contributed by atoms with Crippen molar-refractivity contribution in [3.63, 3.8) is 0 Å². The molecule has 1 N–H and O–H groups in total. The summed E-state index contributed by atoms with van der Waals surface area (Å²) in [6.45, 7) is 3.85. The van der Waals surface area contributed by atoms with E-state index in [1.807, 2.05) is 0 Å². The van der Waals surface area contributed by atoms with E-state index in [9.17, 15) is 4.39 Å². The summed E-state index contributed by atoms with van der Waals surface area (Å²) >= 11 is 6.24. The first-order chi connectivity index (χ1) is 9.70. The van der Waals surface area contributed by atoms with Crippen LogP contribution in [0.25, 0.3) is 0 Å². The van der Waals surface area contributed by atoms with Gasteiger partial charge in [-0.05, 0) is 62.4 Å². The third-order valence-corrected chi connectivity index (χ3v) is 4.09. The van der Waals surface area contributed by atoms with E-state index in [0.717, 1.165) is 44.4 Å². The molecule has 0 aliphatic carbocycles. The van der Waals surface area contributed by atoms with Gasteiger partial charge in [0.2, 0.25) is 0 Å². The lowest BCUT2D eigenvalue weighted by Gasteiger charge is -2.28. The van der Waals surface area contributed by atoms with E-state index in [-0.39, 0.29) is 18.0 Å². The van der Waals surface area contributed by atoms with Gasteiger partial charge in [0, 0.05) is 17.7 Å². The van der Waals surface area contributed by atoms with Gasteiger partial charge in [0.15, 0.2) is 0 Å². The molecule has 2 unspecified atom stereocenters. The number of ether oxygens (including phenoxy) is 1. The number of hydrogen-bond donors (Lipinski definition) is 1. The van der Waals surface area contributed by atoms with Crippen molar-refractivity contribution in [2.24, 2.45) is 0 Å². The second-order valence-corrected chi connectivity index (χ2v) is 5.80. The molecule has 1 heterocycles. The molecule has 4 heteroatoms. The summed E-state index contributed by atoms with van der Waals surface area (Å²) in [6, 6.07) is 4.63. The van der Waals surface area contributed by atoms with Crippen molar-refractivity contribution in [3.05, 3.63) is 34.6 Å². The van der Waals surface area contributed by atoms with Crippen LogP contribution >= 0.6 is 11.6 Å². The first kappa shape index (κ1) is 15.7. The molecule has 0 saturated carbocycles. The normalized spacial score (nSPS) is 20.9. The highest BCUT2D eigenvalue weighted by Gasteiger charge is 2.22. The summed E-state index contributed by atoms with van der Waals surface area (Å²) in [6.07, 6.45) is 5.57. The Morgan fingerprint density at radius 1 is 1.45 bits per heavy atom. The standard InChI is InChI=1S/C16H23ClFNO/c1-2-8-19-16(11-13-5-3-4-9-20-13)14-10-12(18)6-7-15(14)17/h6-7,10,13,16,19H,2-5,8-9,11H2,1H3. The maximum absolute atomic E-state index is 13.5. The van der Waals surface area contributed by atoms with Gasteiger partial charge in [0.25, 0.3) is 0 Å². The molecule has 0 radical (unpaired) electrons. The van der Waals surface area contributed by atoms with E-state index in [1.54, 1.807) is 12.1 Å². The van der Waals surface area contributed by atoms with Crippen LogP contribution in [0, 0.1) is 5.82 Å². The van der Waals surface area contributed by atoms with Crippen LogP contribution in [0.1, 0.15) is 50.6 Å². The average molecular weight is 300 g/mol. The van der Waals surface area contributed by atoms with Crippen molar-refractivity contribution in [1.82, 2.24) is 5.32 Å². The molecule has 0 spiro atoms. The topological polar surface area (TPSA) is 21.3 Å². The van der Waals surface area contributed by atoms with E-state index in [2.05, 4.69) is 12.2 Å². The van der Waals surface area contributed by atoms with Gasteiger partial charge in [0.1, 0.15) is 5.82 Å². The van der Waals surface area contributed by atoms with Gasteiger partial charge in [-0.25, -0.2) is 4.39 Å². The van der Waals surface area contributed by atoms with E-state index in [1.165, 1.54) is 12.5 Å². The summed E-state index contributed by atoms with van der Waals surface area (Å²) in [5.41, 5.74) is 0.842. The fraction of sp³-hybridized carbons (Fsp3) is 0.625. The first-order valence-corrected chi connectivity index (χ1v) is 7.88. The maximum atomic E-state index is 13.5. The van der Waals surface area contributed by atoms with Crippen LogP contribution in [-0.4, -0.2) is 19.3 Å². The molecule has 0 aromatic heterocycles. The van der Waals surface area contributed by atoms with Gasteiger partial charge in [-0.1, -0.05) is 18.5 Å². The van der Waals surface area contributed by atoms with Crippen LogP contribution < -0.4 is 5.32 Å². The summed E-state index contributed by atoms with van der Waals surface area (Å²) in [7, 11) is 0. The third kappa shape index (κ3) is 4.44. The summed E-state index contributed by atoms with van der Waals surface area (Å²) in [4.78, 5) is 0.